The fourth-order valence-electron chi connectivity index (χ4n) is 2.80. The summed E-state index contributed by atoms with van der Waals surface area (Å²) in [6.45, 7) is 2.30. The zero-order valence-corrected chi connectivity index (χ0v) is 10.5. The number of nitrogens with two attached hydrogens (primary N) is 1. The van der Waals surface area contributed by atoms with Crippen LogP contribution < -0.4 is 5.73 Å². The summed E-state index contributed by atoms with van der Waals surface area (Å²) >= 11 is 0. The molecule has 15 heavy (non-hydrogen) atoms. The molecule has 2 atom stereocenters. The van der Waals surface area contributed by atoms with Crippen LogP contribution in [0.25, 0.3) is 0 Å². The minimum absolute atomic E-state index is 0.481. The van der Waals surface area contributed by atoms with Gasteiger partial charge in [-0.2, -0.15) is 0 Å². The summed E-state index contributed by atoms with van der Waals surface area (Å²) in [5.74, 6) is 0.796. The van der Waals surface area contributed by atoms with E-state index in [2.05, 4.69) is 6.92 Å². The second-order valence-corrected chi connectivity index (χ2v) is 5.24. The van der Waals surface area contributed by atoms with Crippen molar-refractivity contribution < 1.29 is 0 Å². The SMILES string of the molecule is CCC1CCCCCCCCCCC1N. The summed E-state index contributed by atoms with van der Waals surface area (Å²) in [5.41, 5.74) is 6.27. The summed E-state index contributed by atoms with van der Waals surface area (Å²) < 4.78 is 0. The van der Waals surface area contributed by atoms with Crippen LogP contribution in [-0.2, 0) is 0 Å². The molecular weight excluding hydrogens is 182 g/mol. The molecule has 1 aliphatic carbocycles. The molecule has 1 nitrogen and oxygen atoms in total. The Hall–Kier alpha value is -0.0400. The van der Waals surface area contributed by atoms with E-state index in [0.29, 0.717) is 6.04 Å². The molecule has 0 radical (unpaired) electrons. The van der Waals surface area contributed by atoms with E-state index in [9.17, 15) is 0 Å². The highest BCUT2D eigenvalue weighted by Crippen LogP contribution is 2.22. The summed E-state index contributed by atoms with van der Waals surface area (Å²) in [4.78, 5) is 0. The first kappa shape index (κ1) is 13.0. The molecule has 0 amide bonds. The van der Waals surface area contributed by atoms with E-state index in [0.717, 1.165) is 5.92 Å². The predicted molar refractivity (Wildman–Crippen MR) is 67.9 cm³/mol. The zero-order chi connectivity index (χ0) is 10.9. The fraction of sp³-hybridized carbons (Fsp3) is 1.00. The van der Waals surface area contributed by atoms with Crippen molar-refractivity contribution in [2.75, 3.05) is 0 Å². The minimum Gasteiger partial charge on any atom is -0.327 e. The molecule has 0 aromatic rings. The van der Waals surface area contributed by atoms with Gasteiger partial charge in [0.05, 0.1) is 0 Å². The molecule has 0 aromatic heterocycles. The number of hydrogen-bond acceptors (Lipinski definition) is 1. The Balaban J connectivity index is 2.30. The maximum atomic E-state index is 6.27. The van der Waals surface area contributed by atoms with Gasteiger partial charge >= 0.3 is 0 Å². The molecule has 90 valence electrons. The largest absolute Gasteiger partial charge is 0.327 e. The van der Waals surface area contributed by atoms with Crippen LogP contribution in [0, 0.1) is 5.92 Å². The minimum atomic E-state index is 0.481. The van der Waals surface area contributed by atoms with Crippen LogP contribution in [0.1, 0.15) is 77.6 Å². The predicted octanol–water partition coefficient (Wildman–Crippen LogP) is 4.25. The van der Waals surface area contributed by atoms with Crippen molar-refractivity contribution in [2.45, 2.75) is 83.6 Å². The standard InChI is InChI=1S/C14H29N/c1-2-13-11-9-7-5-3-4-6-8-10-12-14(13)15/h13-14H,2-12,15H2,1H3. The summed E-state index contributed by atoms with van der Waals surface area (Å²) in [5, 5.41) is 0. The molecule has 0 aliphatic heterocycles. The molecule has 1 saturated carbocycles. The van der Waals surface area contributed by atoms with Crippen LogP contribution in [0.4, 0.5) is 0 Å². The van der Waals surface area contributed by atoms with Gasteiger partial charge in [-0.1, -0.05) is 64.7 Å². The van der Waals surface area contributed by atoms with Gasteiger partial charge in [0.25, 0.3) is 0 Å². The van der Waals surface area contributed by atoms with E-state index in [1.165, 1.54) is 70.6 Å². The lowest BCUT2D eigenvalue weighted by Crippen LogP contribution is -2.29. The van der Waals surface area contributed by atoms with Crippen molar-refractivity contribution in [3.8, 4) is 0 Å². The Labute approximate surface area is 95.8 Å². The van der Waals surface area contributed by atoms with Gasteiger partial charge in [-0.25, -0.2) is 0 Å². The zero-order valence-electron chi connectivity index (χ0n) is 10.5. The Morgan fingerprint density at radius 3 is 1.80 bits per heavy atom. The highest BCUT2D eigenvalue weighted by Gasteiger charge is 2.15. The van der Waals surface area contributed by atoms with Crippen molar-refractivity contribution in [1.29, 1.82) is 0 Å². The topological polar surface area (TPSA) is 26.0 Å². The van der Waals surface area contributed by atoms with Gasteiger partial charge in [-0.15, -0.1) is 0 Å². The van der Waals surface area contributed by atoms with Gasteiger partial charge in [-0.05, 0) is 18.8 Å². The van der Waals surface area contributed by atoms with E-state index < -0.39 is 0 Å². The van der Waals surface area contributed by atoms with E-state index in [1.807, 2.05) is 0 Å². The van der Waals surface area contributed by atoms with Crippen LogP contribution in [-0.4, -0.2) is 6.04 Å². The fourth-order valence-corrected chi connectivity index (χ4v) is 2.80. The average molecular weight is 211 g/mol. The average Bonchev–Trinajstić information content (AvgIpc) is 2.23. The maximum absolute atomic E-state index is 6.27. The monoisotopic (exact) mass is 211 g/mol. The van der Waals surface area contributed by atoms with Crippen molar-refractivity contribution in [1.82, 2.24) is 0 Å². The van der Waals surface area contributed by atoms with Gasteiger partial charge in [0.1, 0.15) is 0 Å². The first-order valence-electron chi connectivity index (χ1n) is 7.10. The van der Waals surface area contributed by atoms with Crippen LogP contribution in [0.15, 0.2) is 0 Å². The van der Waals surface area contributed by atoms with E-state index >= 15 is 0 Å². The first-order chi connectivity index (χ1) is 7.34. The van der Waals surface area contributed by atoms with Gasteiger partial charge < -0.3 is 5.73 Å². The third-order valence-electron chi connectivity index (χ3n) is 3.99. The lowest BCUT2D eigenvalue weighted by Gasteiger charge is -2.23. The van der Waals surface area contributed by atoms with Crippen molar-refractivity contribution in [2.24, 2.45) is 11.7 Å². The first-order valence-corrected chi connectivity index (χ1v) is 7.10. The van der Waals surface area contributed by atoms with Gasteiger partial charge in [0.15, 0.2) is 0 Å². The molecule has 0 heterocycles. The van der Waals surface area contributed by atoms with Crippen molar-refractivity contribution in [3.63, 3.8) is 0 Å². The van der Waals surface area contributed by atoms with Gasteiger partial charge in [0, 0.05) is 6.04 Å². The summed E-state index contributed by atoms with van der Waals surface area (Å²) in [6.07, 6.45) is 15.3. The Morgan fingerprint density at radius 1 is 0.800 bits per heavy atom. The number of hydrogen-bond donors (Lipinski definition) is 1. The van der Waals surface area contributed by atoms with Crippen LogP contribution in [0.2, 0.25) is 0 Å². The van der Waals surface area contributed by atoms with E-state index in [4.69, 9.17) is 5.73 Å². The molecule has 1 fully saturated rings. The van der Waals surface area contributed by atoms with Gasteiger partial charge in [-0.3, -0.25) is 0 Å². The molecule has 0 saturated heterocycles. The van der Waals surface area contributed by atoms with Crippen LogP contribution in [0.5, 0.6) is 0 Å². The van der Waals surface area contributed by atoms with E-state index in [-0.39, 0.29) is 0 Å². The van der Waals surface area contributed by atoms with Gasteiger partial charge in [0.2, 0.25) is 0 Å². The quantitative estimate of drug-likeness (QED) is 0.689. The smallest absolute Gasteiger partial charge is 0.00670 e. The summed E-state index contributed by atoms with van der Waals surface area (Å²) in [7, 11) is 0. The Morgan fingerprint density at radius 2 is 1.27 bits per heavy atom. The normalized spacial score (nSPS) is 31.6. The molecule has 1 heteroatoms. The molecule has 1 aliphatic rings. The molecule has 0 bridgehead atoms. The lowest BCUT2D eigenvalue weighted by molar-refractivity contribution is 0.338. The van der Waals surface area contributed by atoms with Crippen molar-refractivity contribution >= 4 is 0 Å². The van der Waals surface area contributed by atoms with Crippen LogP contribution >= 0.6 is 0 Å². The Kier molecular flexibility index (Phi) is 7.08. The third-order valence-corrected chi connectivity index (χ3v) is 3.99. The summed E-state index contributed by atoms with van der Waals surface area (Å²) in [6, 6.07) is 0.481. The second kappa shape index (κ2) is 8.15. The van der Waals surface area contributed by atoms with Crippen LogP contribution in [0.3, 0.4) is 0 Å². The molecule has 2 unspecified atom stereocenters. The lowest BCUT2D eigenvalue weighted by atomic mass is 9.87. The van der Waals surface area contributed by atoms with E-state index in [1.54, 1.807) is 0 Å². The second-order valence-electron chi connectivity index (χ2n) is 5.24. The molecule has 1 rings (SSSR count). The number of rotatable bonds is 1. The Bertz CT molecular complexity index is 144. The highest BCUT2D eigenvalue weighted by atomic mass is 14.6. The molecule has 2 N–H and O–H groups in total. The highest BCUT2D eigenvalue weighted by molar-refractivity contribution is 4.72. The third kappa shape index (κ3) is 5.55. The molecular formula is C14H29N. The maximum Gasteiger partial charge on any atom is 0.00670 e. The molecule has 0 spiro atoms. The molecule has 0 aromatic carbocycles. The van der Waals surface area contributed by atoms with Crippen molar-refractivity contribution in [3.05, 3.63) is 0 Å².